The second-order valence-corrected chi connectivity index (χ2v) is 7.67. The third-order valence-electron chi connectivity index (χ3n) is 4.61. The van der Waals surface area contributed by atoms with Crippen molar-refractivity contribution in [2.75, 3.05) is 7.11 Å². The number of hydrogen-bond donors (Lipinski definition) is 0. The Labute approximate surface area is 167 Å². The molecule has 3 aromatic rings. The standard InChI is InChI=1S/C20H24N4O3S/c1-5-6-7-14-8-9-16-17(11-14)28-20(24(16)12-18(25)27-4)21-19(26)15-10-13(2)23(3)22-15/h8-11H,5-7,12H2,1-4H3. The summed E-state index contributed by atoms with van der Waals surface area (Å²) < 4.78 is 9.16. The number of thiazole rings is 1. The van der Waals surface area contributed by atoms with E-state index in [1.165, 1.54) is 24.0 Å². The number of unbranched alkanes of at least 4 members (excludes halogenated alkanes) is 1. The lowest BCUT2D eigenvalue weighted by atomic mass is 10.1. The minimum Gasteiger partial charge on any atom is -0.468 e. The average Bonchev–Trinajstić information content (AvgIpc) is 3.19. The van der Waals surface area contributed by atoms with Crippen LogP contribution < -0.4 is 4.80 Å². The van der Waals surface area contributed by atoms with Crippen LogP contribution in [-0.4, -0.2) is 33.3 Å². The molecule has 28 heavy (non-hydrogen) atoms. The maximum absolute atomic E-state index is 12.6. The number of fused-ring (bicyclic) bond motifs is 1. The third kappa shape index (κ3) is 4.22. The Balaban J connectivity index is 2.08. The Morgan fingerprint density at radius 3 is 2.71 bits per heavy atom. The quantitative estimate of drug-likeness (QED) is 0.596. The van der Waals surface area contributed by atoms with Crippen molar-refractivity contribution >= 4 is 33.4 Å². The van der Waals surface area contributed by atoms with Gasteiger partial charge in [0.25, 0.3) is 5.91 Å². The van der Waals surface area contributed by atoms with Crippen LogP contribution in [0.2, 0.25) is 0 Å². The van der Waals surface area contributed by atoms with Gasteiger partial charge in [0.2, 0.25) is 0 Å². The lowest BCUT2D eigenvalue weighted by Crippen LogP contribution is -2.22. The van der Waals surface area contributed by atoms with E-state index in [0.717, 1.165) is 35.2 Å². The first-order valence-electron chi connectivity index (χ1n) is 9.21. The summed E-state index contributed by atoms with van der Waals surface area (Å²) in [5, 5.41) is 4.19. The zero-order chi connectivity index (χ0) is 20.3. The Bertz CT molecular complexity index is 1070. The largest absolute Gasteiger partial charge is 0.468 e. The van der Waals surface area contributed by atoms with Gasteiger partial charge in [-0.1, -0.05) is 30.7 Å². The van der Waals surface area contributed by atoms with E-state index in [-0.39, 0.29) is 12.2 Å². The highest BCUT2D eigenvalue weighted by Crippen LogP contribution is 2.21. The number of ether oxygens (including phenoxy) is 1. The number of rotatable bonds is 6. The van der Waals surface area contributed by atoms with Crippen LogP contribution in [0.1, 0.15) is 41.5 Å². The Kier molecular flexibility index (Phi) is 6.08. The van der Waals surface area contributed by atoms with E-state index in [9.17, 15) is 9.59 Å². The van der Waals surface area contributed by atoms with Crippen molar-refractivity contribution in [3.63, 3.8) is 0 Å². The first-order valence-corrected chi connectivity index (χ1v) is 10.0. The molecule has 0 spiro atoms. The summed E-state index contributed by atoms with van der Waals surface area (Å²) in [7, 11) is 3.12. The fourth-order valence-corrected chi connectivity index (χ4v) is 3.99. The molecule has 2 heterocycles. The topological polar surface area (TPSA) is 78.5 Å². The van der Waals surface area contributed by atoms with Gasteiger partial charge in [-0.15, -0.1) is 0 Å². The van der Waals surface area contributed by atoms with Crippen molar-refractivity contribution in [3.8, 4) is 0 Å². The van der Waals surface area contributed by atoms with Crippen molar-refractivity contribution in [2.45, 2.75) is 39.7 Å². The first kappa shape index (κ1) is 20.0. The first-order chi connectivity index (χ1) is 13.4. The Hall–Kier alpha value is -2.74. The fourth-order valence-electron chi connectivity index (χ4n) is 2.90. The van der Waals surface area contributed by atoms with E-state index in [2.05, 4.69) is 29.1 Å². The van der Waals surface area contributed by atoms with Gasteiger partial charge in [-0.05, 0) is 43.5 Å². The van der Waals surface area contributed by atoms with E-state index in [0.29, 0.717) is 4.80 Å². The highest BCUT2D eigenvalue weighted by Gasteiger charge is 2.15. The van der Waals surface area contributed by atoms with Gasteiger partial charge in [-0.3, -0.25) is 14.3 Å². The van der Waals surface area contributed by atoms with Gasteiger partial charge in [0, 0.05) is 12.7 Å². The number of aromatic nitrogens is 3. The summed E-state index contributed by atoms with van der Waals surface area (Å²) in [4.78, 5) is 29.2. The van der Waals surface area contributed by atoms with E-state index in [1.807, 2.05) is 13.0 Å². The van der Waals surface area contributed by atoms with Crippen molar-refractivity contribution in [1.29, 1.82) is 0 Å². The summed E-state index contributed by atoms with van der Waals surface area (Å²) in [6.07, 6.45) is 3.25. The molecule has 3 rings (SSSR count). The van der Waals surface area contributed by atoms with Gasteiger partial charge >= 0.3 is 5.97 Å². The summed E-state index contributed by atoms with van der Waals surface area (Å²) in [5.41, 5.74) is 3.25. The van der Waals surface area contributed by atoms with Crippen molar-refractivity contribution < 1.29 is 14.3 Å². The van der Waals surface area contributed by atoms with Crippen molar-refractivity contribution in [3.05, 3.63) is 46.0 Å². The van der Waals surface area contributed by atoms with Gasteiger partial charge < -0.3 is 9.30 Å². The molecule has 0 aliphatic heterocycles. The molecule has 0 saturated heterocycles. The number of amides is 1. The third-order valence-corrected chi connectivity index (χ3v) is 5.65. The summed E-state index contributed by atoms with van der Waals surface area (Å²) >= 11 is 1.39. The molecule has 148 valence electrons. The lowest BCUT2D eigenvalue weighted by molar-refractivity contribution is -0.141. The smallest absolute Gasteiger partial charge is 0.325 e. The molecule has 0 N–H and O–H groups in total. The minimum absolute atomic E-state index is 0.00182. The molecule has 8 heteroatoms. The molecule has 0 aliphatic carbocycles. The molecule has 1 aromatic carbocycles. The SMILES string of the molecule is CCCCc1ccc2c(c1)sc(=NC(=O)c1cc(C)n(C)n1)n2CC(=O)OC. The van der Waals surface area contributed by atoms with E-state index < -0.39 is 11.9 Å². The molecule has 0 radical (unpaired) electrons. The second kappa shape index (κ2) is 8.52. The zero-order valence-corrected chi connectivity index (χ0v) is 17.4. The highest BCUT2D eigenvalue weighted by molar-refractivity contribution is 7.16. The van der Waals surface area contributed by atoms with Gasteiger partial charge in [0.1, 0.15) is 6.54 Å². The number of esters is 1. The molecule has 0 aliphatic rings. The predicted octanol–water partition coefficient (Wildman–Crippen LogP) is 3.00. The second-order valence-electron chi connectivity index (χ2n) is 6.66. The number of aryl methyl sites for hydroxylation is 3. The molecule has 0 fully saturated rings. The monoisotopic (exact) mass is 400 g/mol. The van der Waals surface area contributed by atoms with Crippen LogP contribution in [0.3, 0.4) is 0 Å². The van der Waals surface area contributed by atoms with Crippen LogP contribution in [-0.2, 0) is 29.5 Å². The summed E-state index contributed by atoms with van der Waals surface area (Å²) in [5.74, 6) is -0.822. The van der Waals surface area contributed by atoms with Gasteiger partial charge in [0.05, 0.1) is 17.3 Å². The molecular weight excluding hydrogens is 376 g/mol. The van der Waals surface area contributed by atoms with Crippen molar-refractivity contribution in [2.24, 2.45) is 12.0 Å². The predicted molar refractivity (Wildman–Crippen MR) is 108 cm³/mol. The number of carbonyl (C=O) groups excluding carboxylic acids is 2. The molecule has 1 amide bonds. The number of carbonyl (C=O) groups is 2. The van der Waals surface area contributed by atoms with Crippen LogP contribution in [0.15, 0.2) is 29.3 Å². The van der Waals surface area contributed by atoms with E-state index >= 15 is 0 Å². The summed E-state index contributed by atoms with van der Waals surface area (Å²) in [6.45, 7) is 4.03. The van der Waals surface area contributed by atoms with Gasteiger partial charge in [0.15, 0.2) is 10.5 Å². The highest BCUT2D eigenvalue weighted by atomic mass is 32.1. The molecular formula is C20H24N4O3S. The molecule has 0 atom stereocenters. The molecule has 2 aromatic heterocycles. The minimum atomic E-state index is -0.430. The average molecular weight is 401 g/mol. The number of methoxy groups -OCH3 is 1. The maximum Gasteiger partial charge on any atom is 0.325 e. The Morgan fingerprint density at radius 2 is 2.07 bits per heavy atom. The molecule has 0 bridgehead atoms. The van der Waals surface area contributed by atoms with Gasteiger partial charge in [-0.25, -0.2) is 0 Å². The molecule has 7 nitrogen and oxygen atoms in total. The maximum atomic E-state index is 12.6. The van der Waals surface area contributed by atoms with E-state index in [4.69, 9.17) is 4.74 Å². The summed E-state index contributed by atoms with van der Waals surface area (Å²) in [6, 6.07) is 7.85. The van der Waals surface area contributed by atoms with Crippen LogP contribution in [0.4, 0.5) is 0 Å². The van der Waals surface area contributed by atoms with Gasteiger partial charge in [-0.2, -0.15) is 10.1 Å². The van der Waals surface area contributed by atoms with Crippen LogP contribution in [0, 0.1) is 6.92 Å². The fraction of sp³-hybridized carbons (Fsp3) is 0.400. The normalized spacial score (nSPS) is 11.9. The van der Waals surface area contributed by atoms with Crippen LogP contribution in [0.25, 0.3) is 10.2 Å². The zero-order valence-electron chi connectivity index (χ0n) is 16.6. The Morgan fingerprint density at radius 1 is 1.29 bits per heavy atom. The van der Waals surface area contributed by atoms with Crippen LogP contribution >= 0.6 is 11.3 Å². The van der Waals surface area contributed by atoms with E-state index in [1.54, 1.807) is 22.4 Å². The molecule has 0 unspecified atom stereocenters. The van der Waals surface area contributed by atoms with Crippen molar-refractivity contribution in [1.82, 2.24) is 14.3 Å². The molecule has 0 saturated carbocycles. The number of nitrogens with zero attached hydrogens (tertiary/aromatic N) is 4. The number of benzene rings is 1. The van der Waals surface area contributed by atoms with Crippen LogP contribution in [0.5, 0.6) is 0 Å². The lowest BCUT2D eigenvalue weighted by Gasteiger charge is -2.04. The number of hydrogen-bond acceptors (Lipinski definition) is 5.